The first-order valence-electron chi connectivity index (χ1n) is 22.9. The van der Waals surface area contributed by atoms with Crippen molar-refractivity contribution < 1.29 is 4.42 Å². The molecule has 0 spiro atoms. The maximum Gasteiger partial charge on any atom is 0.143 e. The molecule has 0 aliphatic rings. The van der Waals surface area contributed by atoms with Gasteiger partial charge in [0.25, 0.3) is 0 Å². The Hall–Kier alpha value is -8.92. The fraction of sp³-hybridized carbons (Fsp3) is 0. The first-order chi connectivity index (χ1) is 33.2. The van der Waals surface area contributed by atoms with Gasteiger partial charge in [0.05, 0.1) is 11.0 Å². The largest absolute Gasteiger partial charge is 0.455 e. The second kappa shape index (κ2) is 16.0. The van der Waals surface area contributed by atoms with Crippen LogP contribution in [0, 0.1) is 0 Å². The highest BCUT2D eigenvalue weighted by atomic mass is 16.3. The van der Waals surface area contributed by atoms with Gasteiger partial charge >= 0.3 is 0 Å². The zero-order valence-electron chi connectivity index (χ0n) is 36.6. The van der Waals surface area contributed by atoms with Crippen molar-refractivity contribution in [1.29, 1.82) is 0 Å². The van der Waals surface area contributed by atoms with Crippen molar-refractivity contribution in [3.05, 3.63) is 255 Å². The van der Waals surface area contributed by atoms with E-state index in [2.05, 4.69) is 252 Å². The van der Waals surface area contributed by atoms with Gasteiger partial charge in [-0.2, -0.15) is 0 Å². The zero-order valence-corrected chi connectivity index (χ0v) is 36.6. The first-order valence-corrected chi connectivity index (χ1v) is 22.9. The normalized spacial score (nSPS) is 11.6. The molecule has 3 nitrogen and oxygen atoms in total. The van der Waals surface area contributed by atoms with Gasteiger partial charge < -0.3 is 13.9 Å². The van der Waals surface area contributed by atoms with Crippen molar-refractivity contribution >= 4 is 71.6 Å². The molecule has 0 aliphatic carbocycles. The Bertz CT molecular complexity index is 3940. The van der Waals surface area contributed by atoms with Gasteiger partial charge in [0.1, 0.15) is 11.2 Å². The van der Waals surface area contributed by atoms with E-state index >= 15 is 0 Å². The number of aromatic nitrogens is 1. The molecule has 0 unspecified atom stereocenters. The number of furan rings is 1. The molecule has 0 amide bonds. The molecule has 13 aromatic rings. The minimum absolute atomic E-state index is 0.901. The maximum absolute atomic E-state index is 6.46. The van der Waals surface area contributed by atoms with Crippen molar-refractivity contribution in [2.45, 2.75) is 0 Å². The number of fused-ring (bicyclic) bond motifs is 8. The smallest absolute Gasteiger partial charge is 0.143 e. The number of anilines is 3. The van der Waals surface area contributed by atoms with Gasteiger partial charge in [0.15, 0.2) is 0 Å². The standard InChI is InChI=1S/C64H42N2O/c1-3-14-44(15-4-1)53-19-9-10-20-54(53)46-28-36-51(37-29-46)65(52-38-30-47(31-39-52)56-23-13-24-60-58-22-11-12-25-62(58)67-64(56)60)50-34-26-43(27-35-50)48-33-40-57-59-41-32-45-16-7-8-21-55(45)63(59)66(61(57)42-48)49-17-5-2-6-18-49/h1-42H. The first kappa shape index (κ1) is 38.5. The average Bonchev–Trinajstić information content (AvgIpc) is 3.96. The van der Waals surface area contributed by atoms with E-state index in [1.54, 1.807) is 0 Å². The molecule has 2 aromatic heterocycles. The van der Waals surface area contributed by atoms with Gasteiger partial charge in [-0.25, -0.2) is 0 Å². The fourth-order valence-corrected chi connectivity index (χ4v) is 10.2. The number of rotatable bonds is 8. The summed E-state index contributed by atoms with van der Waals surface area (Å²) >= 11 is 0. The molecule has 11 aromatic carbocycles. The highest BCUT2D eigenvalue weighted by Gasteiger charge is 2.19. The van der Waals surface area contributed by atoms with Crippen molar-refractivity contribution in [1.82, 2.24) is 4.57 Å². The molecule has 3 heteroatoms. The molecule has 2 heterocycles. The van der Waals surface area contributed by atoms with E-state index in [0.29, 0.717) is 0 Å². The third-order valence-corrected chi connectivity index (χ3v) is 13.4. The van der Waals surface area contributed by atoms with Crippen LogP contribution in [0.2, 0.25) is 0 Å². The second-order valence-electron chi connectivity index (χ2n) is 17.3. The summed E-state index contributed by atoms with van der Waals surface area (Å²) in [5.74, 6) is 0. The van der Waals surface area contributed by atoms with Crippen molar-refractivity contribution in [2.75, 3.05) is 4.90 Å². The van der Waals surface area contributed by atoms with Crippen molar-refractivity contribution in [2.24, 2.45) is 0 Å². The van der Waals surface area contributed by atoms with Crippen LogP contribution >= 0.6 is 0 Å². The van der Waals surface area contributed by atoms with Crippen LogP contribution in [0.4, 0.5) is 17.1 Å². The zero-order chi connectivity index (χ0) is 44.3. The molecule has 314 valence electrons. The molecule has 0 N–H and O–H groups in total. The van der Waals surface area contributed by atoms with E-state index < -0.39 is 0 Å². The number of hydrogen-bond donors (Lipinski definition) is 0. The Labute approximate surface area is 388 Å². The molecule has 0 aliphatic heterocycles. The number of nitrogens with zero attached hydrogens (tertiary/aromatic N) is 2. The topological polar surface area (TPSA) is 21.3 Å². The van der Waals surface area contributed by atoms with Crippen LogP contribution in [0.15, 0.2) is 259 Å². The maximum atomic E-state index is 6.46. The molecule has 0 atom stereocenters. The van der Waals surface area contributed by atoms with Crippen LogP contribution < -0.4 is 4.90 Å². The third-order valence-electron chi connectivity index (χ3n) is 13.4. The molecule has 0 saturated heterocycles. The lowest BCUT2D eigenvalue weighted by atomic mass is 9.94. The minimum Gasteiger partial charge on any atom is -0.455 e. The lowest BCUT2D eigenvalue weighted by Gasteiger charge is -2.26. The van der Waals surface area contributed by atoms with Gasteiger partial charge in [-0.15, -0.1) is 0 Å². The molecule has 67 heavy (non-hydrogen) atoms. The summed E-state index contributed by atoms with van der Waals surface area (Å²) in [6, 6.07) is 91.8. The van der Waals surface area contributed by atoms with Crippen molar-refractivity contribution in [3.63, 3.8) is 0 Å². The molecular formula is C64H42N2O. The summed E-state index contributed by atoms with van der Waals surface area (Å²) < 4.78 is 8.90. The summed E-state index contributed by atoms with van der Waals surface area (Å²) in [5, 5.41) is 7.24. The number of para-hydroxylation sites is 3. The predicted molar refractivity (Wildman–Crippen MR) is 282 cm³/mol. The molecule has 0 saturated carbocycles. The lowest BCUT2D eigenvalue weighted by molar-refractivity contribution is 0.670. The van der Waals surface area contributed by atoms with E-state index in [9.17, 15) is 0 Å². The molecule has 0 bridgehead atoms. The summed E-state index contributed by atoms with van der Waals surface area (Å²) in [7, 11) is 0. The van der Waals surface area contributed by atoms with E-state index in [1.807, 2.05) is 12.1 Å². The summed E-state index contributed by atoms with van der Waals surface area (Å²) in [6.45, 7) is 0. The van der Waals surface area contributed by atoms with Crippen molar-refractivity contribution in [3.8, 4) is 50.2 Å². The SMILES string of the molecule is c1ccc(-c2ccccc2-c2ccc(N(c3ccc(-c4ccc5c6ccc7ccccc7c6n(-c6ccccc6)c5c4)cc3)c3ccc(-c4cccc5c4oc4ccccc45)cc3)cc2)cc1. The van der Waals surface area contributed by atoms with Crippen LogP contribution in [0.5, 0.6) is 0 Å². The van der Waals surface area contributed by atoms with Gasteiger partial charge in [-0.05, 0) is 105 Å². The molecule has 0 fully saturated rings. The number of hydrogen-bond acceptors (Lipinski definition) is 2. The van der Waals surface area contributed by atoms with Crippen LogP contribution in [0.1, 0.15) is 0 Å². The Morgan fingerprint density at radius 1 is 0.313 bits per heavy atom. The highest BCUT2D eigenvalue weighted by Crippen LogP contribution is 2.42. The summed E-state index contributed by atoms with van der Waals surface area (Å²) in [4.78, 5) is 2.35. The minimum atomic E-state index is 0.901. The average molecular weight is 855 g/mol. The summed E-state index contributed by atoms with van der Waals surface area (Å²) in [6.07, 6.45) is 0. The van der Waals surface area contributed by atoms with E-state index in [-0.39, 0.29) is 0 Å². The predicted octanol–water partition coefficient (Wildman–Crippen LogP) is 18.0. The fourth-order valence-electron chi connectivity index (χ4n) is 10.2. The van der Waals surface area contributed by atoms with E-state index in [0.717, 1.165) is 61.4 Å². The van der Waals surface area contributed by atoms with Crippen LogP contribution in [0.25, 0.3) is 105 Å². The Morgan fingerprint density at radius 3 is 1.52 bits per heavy atom. The third kappa shape index (κ3) is 6.59. The molecule has 0 radical (unpaired) electrons. The molecule has 13 rings (SSSR count). The van der Waals surface area contributed by atoms with Crippen LogP contribution in [0.3, 0.4) is 0 Å². The Morgan fingerprint density at radius 2 is 0.821 bits per heavy atom. The summed E-state index contributed by atoms with van der Waals surface area (Å²) in [5.41, 5.74) is 17.9. The van der Waals surface area contributed by atoms with E-state index in [4.69, 9.17) is 4.42 Å². The molecular weight excluding hydrogens is 813 g/mol. The van der Waals surface area contributed by atoms with Gasteiger partial charge in [0.2, 0.25) is 0 Å². The monoisotopic (exact) mass is 854 g/mol. The Balaban J connectivity index is 0.911. The second-order valence-corrected chi connectivity index (χ2v) is 17.3. The highest BCUT2D eigenvalue weighted by molar-refractivity contribution is 6.19. The Kier molecular flexibility index (Phi) is 9.17. The lowest BCUT2D eigenvalue weighted by Crippen LogP contribution is -2.09. The quantitative estimate of drug-likeness (QED) is 0.152. The van der Waals surface area contributed by atoms with Crippen LogP contribution in [-0.2, 0) is 0 Å². The van der Waals surface area contributed by atoms with Gasteiger partial charge in [0, 0.05) is 55.2 Å². The van der Waals surface area contributed by atoms with Gasteiger partial charge in [-0.1, -0.05) is 194 Å². The number of benzene rings is 11. The van der Waals surface area contributed by atoms with Crippen LogP contribution in [-0.4, -0.2) is 4.57 Å². The van der Waals surface area contributed by atoms with Gasteiger partial charge in [-0.3, -0.25) is 0 Å². The van der Waals surface area contributed by atoms with E-state index in [1.165, 1.54) is 60.4 Å².